The fourth-order valence-corrected chi connectivity index (χ4v) is 4.96. The first kappa shape index (κ1) is 21.9. The molecular formula is C27H17Cl3N2O. The van der Waals surface area contributed by atoms with Crippen molar-refractivity contribution >= 4 is 45.7 Å². The molecule has 0 fully saturated rings. The Morgan fingerprint density at radius 1 is 0.758 bits per heavy atom. The molecule has 162 valence electrons. The van der Waals surface area contributed by atoms with Gasteiger partial charge in [0, 0.05) is 38.9 Å². The monoisotopic (exact) mass is 490 g/mol. The maximum Gasteiger partial charge on any atom is 0.139 e. The highest BCUT2D eigenvalue weighted by molar-refractivity contribution is 6.42. The Labute approximate surface area is 206 Å². The first-order valence-corrected chi connectivity index (χ1v) is 11.4. The van der Waals surface area contributed by atoms with Crippen LogP contribution in [0.15, 0.2) is 85.1 Å². The molecule has 2 heterocycles. The molecule has 0 saturated carbocycles. The lowest BCUT2D eigenvalue weighted by Crippen LogP contribution is -1.98. The van der Waals surface area contributed by atoms with Gasteiger partial charge in [0.25, 0.3) is 0 Å². The molecule has 0 aliphatic rings. The van der Waals surface area contributed by atoms with Gasteiger partial charge in [0.1, 0.15) is 5.15 Å². The van der Waals surface area contributed by atoms with E-state index in [9.17, 15) is 5.11 Å². The summed E-state index contributed by atoms with van der Waals surface area (Å²) in [6.07, 6.45) is 1.72. The van der Waals surface area contributed by atoms with Crippen LogP contribution in [0.4, 0.5) is 0 Å². The number of pyridine rings is 2. The van der Waals surface area contributed by atoms with E-state index in [-0.39, 0.29) is 6.61 Å². The first-order valence-electron chi connectivity index (χ1n) is 10.3. The van der Waals surface area contributed by atoms with Crippen molar-refractivity contribution in [3.05, 3.63) is 106 Å². The van der Waals surface area contributed by atoms with E-state index in [1.54, 1.807) is 6.20 Å². The quantitative estimate of drug-likeness (QED) is 0.258. The van der Waals surface area contributed by atoms with E-state index in [1.165, 1.54) is 0 Å². The van der Waals surface area contributed by atoms with E-state index >= 15 is 0 Å². The Balaban J connectivity index is 1.72. The maximum atomic E-state index is 10.3. The van der Waals surface area contributed by atoms with Crippen LogP contribution < -0.4 is 0 Å². The molecule has 3 aromatic carbocycles. The van der Waals surface area contributed by atoms with Crippen LogP contribution >= 0.6 is 34.8 Å². The summed E-state index contributed by atoms with van der Waals surface area (Å²) in [5.41, 5.74) is 6.08. The minimum atomic E-state index is -0.191. The van der Waals surface area contributed by atoms with Crippen molar-refractivity contribution in [2.45, 2.75) is 6.61 Å². The molecule has 0 radical (unpaired) electrons. The number of hydrogen-bond acceptors (Lipinski definition) is 3. The van der Waals surface area contributed by atoms with Crippen LogP contribution in [-0.4, -0.2) is 15.1 Å². The Morgan fingerprint density at radius 2 is 1.52 bits per heavy atom. The molecule has 3 nitrogen and oxygen atoms in total. The summed E-state index contributed by atoms with van der Waals surface area (Å²) in [7, 11) is 0. The highest BCUT2D eigenvalue weighted by atomic mass is 35.5. The fraction of sp³-hybridized carbons (Fsp3) is 0.0370. The van der Waals surface area contributed by atoms with Gasteiger partial charge < -0.3 is 5.11 Å². The topological polar surface area (TPSA) is 46.0 Å². The molecule has 0 spiro atoms. The van der Waals surface area contributed by atoms with Crippen molar-refractivity contribution in [1.82, 2.24) is 9.97 Å². The van der Waals surface area contributed by atoms with Crippen LogP contribution in [0.1, 0.15) is 5.56 Å². The van der Waals surface area contributed by atoms with Gasteiger partial charge in [0.2, 0.25) is 0 Å². The van der Waals surface area contributed by atoms with Crippen LogP contribution in [0, 0.1) is 0 Å². The SMILES string of the molecule is OCc1c(-c2ccccc2Cl)ccnc1-c1ccc2nc(Cl)c(-c3ccccc3)c(Cl)c2c1. The van der Waals surface area contributed by atoms with Gasteiger partial charge in [-0.15, -0.1) is 0 Å². The van der Waals surface area contributed by atoms with Crippen molar-refractivity contribution < 1.29 is 5.11 Å². The van der Waals surface area contributed by atoms with Crippen molar-refractivity contribution in [1.29, 1.82) is 0 Å². The molecule has 5 rings (SSSR count). The highest BCUT2D eigenvalue weighted by Gasteiger charge is 2.18. The summed E-state index contributed by atoms with van der Waals surface area (Å²) in [5, 5.41) is 12.5. The molecule has 1 N–H and O–H groups in total. The Morgan fingerprint density at radius 3 is 2.27 bits per heavy atom. The molecule has 2 aromatic heterocycles. The molecule has 6 heteroatoms. The van der Waals surface area contributed by atoms with Crippen LogP contribution in [0.2, 0.25) is 15.2 Å². The minimum Gasteiger partial charge on any atom is -0.392 e. The number of nitrogens with zero attached hydrogens (tertiary/aromatic N) is 2. The highest BCUT2D eigenvalue weighted by Crippen LogP contribution is 2.40. The molecule has 0 amide bonds. The number of aromatic nitrogens is 2. The average molecular weight is 492 g/mol. The number of aliphatic hydroxyl groups is 1. The van der Waals surface area contributed by atoms with E-state index in [1.807, 2.05) is 78.9 Å². The second kappa shape index (κ2) is 9.12. The van der Waals surface area contributed by atoms with Crippen molar-refractivity contribution in [3.63, 3.8) is 0 Å². The number of halogens is 3. The summed E-state index contributed by atoms with van der Waals surface area (Å²) in [4.78, 5) is 9.14. The van der Waals surface area contributed by atoms with Gasteiger partial charge in [-0.1, -0.05) is 89.4 Å². The number of hydrogen-bond donors (Lipinski definition) is 1. The van der Waals surface area contributed by atoms with Gasteiger partial charge >= 0.3 is 0 Å². The molecule has 33 heavy (non-hydrogen) atoms. The minimum absolute atomic E-state index is 0.191. The zero-order chi connectivity index (χ0) is 22.9. The smallest absolute Gasteiger partial charge is 0.139 e. The molecule has 0 unspecified atom stereocenters. The molecule has 5 aromatic rings. The second-order valence-corrected chi connectivity index (χ2v) is 8.66. The normalized spacial score (nSPS) is 11.2. The standard InChI is InChI=1S/C27H17Cl3N2O/c28-22-9-5-4-8-19(22)18-12-13-31-26(21(18)15-33)17-10-11-23-20(14-17)25(29)24(27(30)32-23)16-6-2-1-3-7-16/h1-14,33H,15H2. The third-order valence-electron chi connectivity index (χ3n) is 5.59. The van der Waals surface area contributed by atoms with Gasteiger partial charge in [-0.3, -0.25) is 4.98 Å². The first-order chi connectivity index (χ1) is 16.1. The van der Waals surface area contributed by atoms with Crippen LogP contribution in [0.3, 0.4) is 0 Å². The zero-order valence-electron chi connectivity index (χ0n) is 17.3. The summed E-state index contributed by atoms with van der Waals surface area (Å²) in [6.45, 7) is -0.191. The Kier molecular flexibility index (Phi) is 6.05. The molecule has 0 saturated heterocycles. The van der Waals surface area contributed by atoms with E-state index in [0.29, 0.717) is 37.5 Å². The lowest BCUT2D eigenvalue weighted by molar-refractivity contribution is 0.282. The summed E-state index contributed by atoms with van der Waals surface area (Å²) in [5.74, 6) is 0. The third-order valence-corrected chi connectivity index (χ3v) is 6.59. The Bertz CT molecular complexity index is 1490. The van der Waals surface area contributed by atoms with Crippen molar-refractivity contribution in [2.75, 3.05) is 0 Å². The summed E-state index contributed by atoms with van der Waals surface area (Å²) < 4.78 is 0. The van der Waals surface area contributed by atoms with E-state index in [4.69, 9.17) is 34.8 Å². The van der Waals surface area contributed by atoms with E-state index in [0.717, 1.165) is 27.6 Å². The molecule has 0 bridgehead atoms. The van der Waals surface area contributed by atoms with Crippen molar-refractivity contribution in [2.24, 2.45) is 0 Å². The van der Waals surface area contributed by atoms with E-state index in [2.05, 4.69) is 9.97 Å². The molecule has 0 aliphatic carbocycles. The van der Waals surface area contributed by atoms with Crippen molar-refractivity contribution in [3.8, 4) is 33.5 Å². The predicted octanol–water partition coefficient (Wildman–Crippen LogP) is 8.08. The van der Waals surface area contributed by atoms with Gasteiger partial charge in [-0.05, 0) is 35.4 Å². The summed E-state index contributed by atoms with van der Waals surface area (Å²) >= 11 is 19.8. The fourth-order valence-electron chi connectivity index (χ4n) is 4.03. The largest absolute Gasteiger partial charge is 0.392 e. The number of aliphatic hydroxyl groups excluding tert-OH is 1. The Hall–Kier alpha value is -2.95. The van der Waals surface area contributed by atoms with Crippen LogP contribution in [-0.2, 0) is 6.61 Å². The van der Waals surface area contributed by atoms with Gasteiger partial charge in [-0.2, -0.15) is 0 Å². The molecule has 0 aliphatic heterocycles. The van der Waals surface area contributed by atoms with Crippen LogP contribution in [0.5, 0.6) is 0 Å². The predicted molar refractivity (Wildman–Crippen MR) is 137 cm³/mol. The number of rotatable bonds is 4. The van der Waals surface area contributed by atoms with Gasteiger partial charge in [0.15, 0.2) is 0 Å². The average Bonchev–Trinajstić information content (AvgIpc) is 2.84. The molecular weight excluding hydrogens is 475 g/mol. The van der Waals surface area contributed by atoms with E-state index < -0.39 is 0 Å². The van der Waals surface area contributed by atoms with Gasteiger partial charge in [-0.25, -0.2) is 4.98 Å². The summed E-state index contributed by atoms with van der Waals surface area (Å²) in [6, 6.07) is 24.8. The third kappa shape index (κ3) is 3.98. The number of benzene rings is 3. The zero-order valence-corrected chi connectivity index (χ0v) is 19.5. The maximum absolute atomic E-state index is 10.3. The second-order valence-electron chi connectivity index (χ2n) is 7.51. The lowest BCUT2D eigenvalue weighted by atomic mass is 9.95. The molecule has 0 atom stereocenters. The van der Waals surface area contributed by atoms with Crippen LogP contribution in [0.25, 0.3) is 44.4 Å². The lowest BCUT2D eigenvalue weighted by Gasteiger charge is -2.15. The van der Waals surface area contributed by atoms with Gasteiger partial charge in [0.05, 0.1) is 22.8 Å². The number of fused-ring (bicyclic) bond motifs is 1.